The second kappa shape index (κ2) is 7.24. The number of carbonyl (C=O) groups is 1. The van der Waals surface area contributed by atoms with Crippen molar-refractivity contribution in [1.82, 2.24) is 4.31 Å². The summed E-state index contributed by atoms with van der Waals surface area (Å²) in [4.78, 5) is 9.73. The number of nitrogens with zero attached hydrogens (tertiary/aromatic N) is 1. The number of carbonyl (C=O) groups excluding carboxylic acids is 1. The molecule has 0 atom stereocenters. The molecule has 0 aliphatic rings. The highest BCUT2D eigenvalue weighted by Gasteiger charge is 2.27. The van der Waals surface area contributed by atoms with Gasteiger partial charge in [-0.15, -0.1) is 0 Å². The van der Waals surface area contributed by atoms with Crippen LogP contribution in [0, 0.1) is 29.1 Å². The zero-order chi connectivity index (χ0) is 15.4. The maximum atomic E-state index is 13.5. The molecular weight excluding hydrogens is 325 g/mol. The first-order valence-corrected chi connectivity index (χ1v) is 6.57. The van der Waals surface area contributed by atoms with Crippen molar-refractivity contribution in [3.05, 3.63) is 29.1 Å². The molecule has 0 unspecified atom stereocenters. The van der Waals surface area contributed by atoms with Crippen LogP contribution >= 0.6 is 23.5 Å². The van der Waals surface area contributed by atoms with Crippen molar-refractivity contribution in [2.75, 3.05) is 13.1 Å². The Hall–Kier alpha value is -0.860. The molecule has 0 aromatic heterocycles. The second-order valence-electron chi connectivity index (χ2n) is 3.71. The Bertz CT molecular complexity index is 499. The fourth-order valence-electron chi connectivity index (χ4n) is 1.34. The van der Waals surface area contributed by atoms with Gasteiger partial charge in [0.05, 0.1) is 6.54 Å². The fourth-order valence-corrected chi connectivity index (χ4v) is 2.61. The molecule has 2 nitrogen and oxygen atoms in total. The SMILES string of the molecule is CCCN(CC(=O)Cl)Sc1c(F)c(F)c(F)c(F)c1F. The van der Waals surface area contributed by atoms with Crippen LogP contribution in [0.3, 0.4) is 0 Å². The minimum atomic E-state index is -2.22. The molecule has 20 heavy (non-hydrogen) atoms. The van der Waals surface area contributed by atoms with E-state index >= 15 is 0 Å². The Morgan fingerprint density at radius 3 is 1.90 bits per heavy atom. The molecule has 9 heteroatoms. The number of hydrogen-bond donors (Lipinski definition) is 0. The highest BCUT2D eigenvalue weighted by molar-refractivity contribution is 7.97. The Morgan fingerprint density at radius 2 is 1.50 bits per heavy atom. The van der Waals surface area contributed by atoms with E-state index in [0.717, 1.165) is 4.31 Å². The van der Waals surface area contributed by atoms with E-state index in [9.17, 15) is 26.7 Å². The first-order chi connectivity index (χ1) is 9.29. The molecule has 0 aliphatic carbocycles. The predicted molar refractivity (Wildman–Crippen MR) is 64.8 cm³/mol. The van der Waals surface area contributed by atoms with E-state index in [0.29, 0.717) is 6.42 Å². The number of hydrogen-bond acceptors (Lipinski definition) is 3. The lowest BCUT2D eigenvalue weighted by Gasteiger charge is -2.19. The predicted octanol–water partition coefficient (Wildman–Crippen LogP) is 3.87. The molecule has 0 aliphatic heterocycles. The third-order valence-corrected chi connectivity index (χ3v) is 3.39. The van der Waals surface area contributed by atoms with Gasteiger partial charge in [-0.05, 0) is 30.0 Å². The summed E-state index contributed by atoms with van der Waals surface area (Å²) in [6.07, 6.45) is 0.493. The summed E-state index contributed by atoms with van der Waals surface area (Å²) in [6, 6.07) is 0. The first kappa shape index (κ1) is 17.2. The van der Waals surface area contributed by atoms with Crippen molar-refractivity contribution in [2.45, 2.75) is 18.2 Å². The third kappa shape index (κ3) is 3.83. The van der Waals surface area contributed by atoms with Gasteiger partial charge in [0.1, 0.15) is 4.90 Å². The van der Waals surface area contributed by atoms with Crippen LogP contribution in [0.5, 0.6) is 0 Å². The molecule has 0 saturated carbocycles. The Labute approximate surface area is 121 Å². The molecule has 0 saturated heterocycles. The van der Waals surface area contributed by atoms with Crippen molar-refractivity contribution < 1.29 is 26.7 Å². The molecule has 112 valence electrons. The summed E-state index contributed by atoms with van der Waals surface area (Å²) in [5, 5.41) is -0.810. The summed E-state index contributed by atoms with van der Waals surface area (Å²) >= 11 is 5.42. The lowest BCUT2D eigenvalue weighted by Crippen LogP contribution is -2.22. The van der Waals surface area contributed by atoms with Gasteiger partial charge >= 0.3 is 0 Å². The zero-order valence-electron chi connectivity index (χ0n) is 10.2. The van der Waals surface area contributed by atoms with Crippen molar-refractivity contribution in [3.8, 4) is 0 Å². The number of rotatable bonds is 6. The summed E-state index contributed by atoms with van der Waals surface area (Å²) in [5.74, 6) is -10.1. The average Bonchev–Trinajstić information content (AvgIpc) is 2.38. The van der Waals surface area contributed by atoms with E-state index in [1.165, 1.54) is 0 Å². The van der Waals surface area contributed by atoms with Gasteiger partial charge in [-0.3, -0.25) is 4.79 Å². The second-order valence-corrected chi connectivity index (χ2v) is 5.24. The van der Waals surface area contributed by atoms with Crippen LogP contribution in [-0.2, 0) is 4.79 Å². The van der Waals surface area contributed by atoms with Gasteiger partial charge in [-0.25, -0.2) is 26.3 Å². The third-order valence-electron chi connectivity index (χ3n) is 2.16. The highest BCUT2D eigenvalue weighted by atomic mass is 35.5. The molecule has 1 rings (SSSR count). The van der Waals surface area contributed by atoms with Gasteiger partial charge in [0, 0.05) is 6.54 Å². The molecule has 0 amide bonds. The van der Waals surface area contributed by atoms with Gasteiger partial charge in [0.15, 0.2) is 23.3 Å². The minimum absolute atomic E-state index is 0.183. The van der Waals surface area contributed by atoms with Gasteiger partial charge in [-0.2, -0.15) is 0 Å². The summed E-state index contributed by atoms with van der Waals surface area (Å²) in [6.45, 7) is 1.51. The minimum Gasteiger partial charge on any atom is -0.280 e. The molecule has 0 spiro atoms. The van der Waals surface area contributed by atoms with E-state index in [1.807, 2.05) is 0 Å². The summed E-state index contributed by atoms with van der Waals surface area (Å²) < 4.78 is 66.9. The maximum Gasteiger partial charge on any atom is 0.236 e. The molecule has 0 bridgehead atoms. The van der Waals surface area contributed by atoms with Crippen LogP contribution < -0.4 is 0 Å². The Kier molecular flexibility index (Phi) is 6.22. The van der Waals surface area contributed by atoms with Gasteiger partial charge in [0.25, 0.3) is 0 Å². The highest BCUT2D eigenvalue weighted by Crippen LogP contribution is 2.32. The van der Waals surface area contributed by atoms with Gasteiger partial charge in [0.2, 0.25) is 11.1 Å². The molecule has 0 heterocycles. The molecular formula is C11H9ClF5NOS. The standard InChI is InChI=1S/C11H9ClF5NOS/c1-2-3-18(4-5(12)19)20-11-9(16)7(14)6(13)8(15)10(11)17/h2-4H2,1H3. The number of benzene rings is 1. The van der Waals surface area contributed by atoms with E-state index in [1.54, 1.807) is 6.92 Å². The lowest BCUT2D eigenvalue weighted by molar-refractivity contribution is -0.111. The van der Waals surface area contributed by atoms with Crippen LogP contribution in [0.25, 0.3) is 0 Å². The van der Waals surface area contributed by atoms with E-state index in [4.69, 9.17) is 11.6 Å². The smallest absolute Gasteiger partial charge is 0.236 e. The van der Waals surface area contributed by atoms with E-state index < -0.39 is 39.2 Å². The molecule has 0 radical (unpaired) electrons. The van der Waals surface area contributed by atoms with Gasteiger partial charge in [-0.1, -0.05) is 6.92 Å². The first-order valence-electron chi connectivity index (χ1n) is 5.42. The van der Waals surface area contributed by atoms with Crippen molar-refractivity contribution in [1.29, 1.82) is 0 Å². The van der Waals surface area contributed by atoms with Crippen LogP contribution in [0.1, 0.15) is 13.3 Å². The Balaban J connectivity index is 3.15. The quantitative estimate of drug-likeness (QED) is 0.259. The van der Waals surface area contributed by atoms with Crippen LogP contribution in [0.4, 0.5) is 22.0 Å². The van der Waals surface area contributed by atoms with Crippen molar-refractivity contribution >= 4 is 28.8 Å². The van der Waals surface area contributed by atoms with Crippen LogP contribution in [0.15, 0.2) is 4.90 Å². The van der Waals surface area contributed by atoms with E-state index in [-0.39, 0.29) is 25.0 Å². The summed E-state index contributed by atoms with van der Waals surface area (Å²) in [7, 11) is 0. The van der Waals surface area contributed by atoms with Crippen LogP contribution in [-0.4, -0.2) is 22.6 Å². The van der Waals surface area contributed by atoms with E-state index in [2.05, 4.69) is 0 Å². The average molecular weight is 334 g/mol. The molecule has 0 fully saturated rings. The number of halogens is 6. The van der Waals surface area contributed by atoms with Crippen molar-refractivity contribution in [3.63, 3.8) is 0 Å². The molecule has 1 aromatic rings. The Morgan fingerprint density at radius 1 is 1.05 bits per heavy atom. The molecule has 0 N–H and O–H groups in total. The monoisotopic (exact) mass is 333 g/mol. The largest absolute Gasteiger partial charge is 0.280 e. The fraction of sp³-hybridized carbons (Fsp3) is 0.364. The normalized spacial score (nSPS) is 11.2. The lowest BCUT2D eigenvalue weighted by atomic mass is 10.3. The maximum absolute atomic E-state index is 13.5. The summed E-state index contributed by atoms with van der Waals surface area (Å²) in [5.41, 5.74) is 0. The van der Waals surface area contributed by atoms with Crippen LogP contribution in [0.2, 0.25) is 0 Å². The zero-order valence-corrected chi connectivity index (χ0v) is 11.7. The van der Waals surface area contributed by atoms with Crippen molar-refractivity contribution in [2.24, 2.45) is 0 Å². The molecule has 1 aromatic carbocycles. The van der Waals surface area contributed by atoms with Gasteiger partial charge < -0.3 is 0 Å². The topological polar surface area (TPSA) is 20.3 Å².